The maximum absolute atomic E-state index is 12.6. The van der Waals surface area contributed by atoms with Gasteiger partial charge in [0.15, 0.2) is 0 Å². The summed E-state index contributed by atoms with van der Waals surface area (Å²) in [7, 11) is 1.51. The van der Waals surface area contributed by atoms with Gasteiger partial charge in [0.05, 0.1) is 23.9 Å². The number of methoxy groups -OCH3 is 1. The van der Waals surface area contributed by atoms with Crippen molar-refractivity contribution < 1.29 is 14.3 Å². The van der Waals surface area contributed by atoms with Gasteiger partial charge in [-0.2, -0.15) is 0 Å². The van der Waals surface area contributed by atoms with Gasteiger partial charge in [0, 0.05) is 23.6 Å². The molecular weight excluding hydrogens is 370 g/mol. The molecular formula is C21H21N5O3. The minimum Gasteiger partial charge on any atom is -0.496 e. The Morgan fingerprint density at radius 1 is 1.14 bits per heavy atom. The highest BCUT2D eigenvalue weighted by molar-refractivity contribution is 6.05. The highest BCUT2D eigenvalue weighted by atomic mass is 16.5. The summed E-state index contributed by atoms with van der Waals surface area (Å²) in [6, 6.07) is 10.1. The van der Waals surface area contributed by atoms with Gasteiger partial charge in [-0.1, -0.05) is 0 Å². The molecule has 1 aliphatic carbocycles. The lowest BCUT2D eigenvalue weighted by molar-refractivity contribution is 0.0948. The molecule has 8 heteroatoms. The molecule has 0 saturated heterocycles. The first-order valence-electron chi connectivity index (χ1n) is 9.33. The van der Waals surface area contributed by atoms with Crippen LogP contribution in [0.15, 0.2) is 42.6 Å². The number of rotatable bonds is 5. The first-order valence-corrected chi connectivity index (χ1v) is 9.33. The van der Waals surface area contributed by atoms with Gasteiger partial charge in [-0.05, 0) is 56.2 Å². The largest absolute Gasteiger partial charge is 0.496 e. The molecule has 4 rings (SSSR count). The van der Waals surface area contributed by atoms with Crippen molar-refractivity contribution in [3.8, 4) is 5.75 Å². The van der Waals surface area contributed by atoms with E-state index in [4.69, 9.17) is 4.74 Å². The van der Waals surface area contributed by atoms with Crippen molar-refractivity contribution in [2.75, 3.05) is 17.7 Å². The van der Waals surface area contributed by atoms with Crippen LogP contribution < -0.4 is 20.7 Å². The number of anilines is 2. The highest BCUT2D eigenvalue weighted by Crippen LogP contribution is 2.26. The molecule has 0 spiro atoms. The first kappa shape index (κ1) is 18.7. The molecule has 3 aromatic rings. The van der Waals surface area contributed by atoms with Crippen LogP contribution in [0.3, 0.4) is 0 Å². The lowest BCUT2D eigenvalue weighted by Crippen LogP contribution is -2.26. The van der Waals surface area contributed by atoms with Gasteiger partial charge in [0.25, 0.3) is 5.91 Å². The van der Waals surface area contributed by atoms with Crippen LogP contribution in [-0.2, 0) is 0 Å². The number of urea groups is 1. The lowest BCUT2D eigenvalue weighted by Gasteiger charge is -2.13. The normalized spacial score (nSPS) is 13.0. The fraction of sp³-hybridized carbons (Fsp3) is 0.238. The third-order valence-electron chi connectivity index (χ3n) is 4.55. The Labute approximate surface area is 167 Å². The van der Waals surface area contributed by atoms with Crippen LogP contribution >= 0.6 is 0 Å². The summed E-state index contributed by atoms with van der Waals surface area (Å²) in [5, 5.41) is 8.49. The molecule has 148 valence electrons. The van der Waals surface area contributed by atoms with E-state index in [9.17, 15) is 9.59 Å². The predicted octanol–water partition coefficient (Wildman–Crippen LogP) is 3.48. The van der Waals surface area contributed by atoms with Crippen LogP contribution in [0.4, 0.5) is 16.2 Å². The van der Waals surface area contributed by atoms with Gasteiger partial charge in [-0.15, -0.1) is 0 Å². The Balaban J connectivity index is 1.53. The van der Waals surface area contributed by atoms with Crippen LogP contribution in [0, 0.1) is 6.92 Å². The Morgan fingerprint density at radius 3 is 2.72 bits per heavy atom. The molecule has 1 saturated carbocycles. The Bertz CT molecular complexity index is 1090. The quantitative estimate of drug-likeness (QED) is 0.617. The molecule has 29 heavy (non-hydrogen) atoms. The minimum atomic E-state index is -0.443. The van der Waals surface area contributed by atoms with E-state index in [2.05, 4.69) is 25.9 Å². The fourth-order valence-corrected chi connectivity index (χ4v) is 3.03. The maximum atomic E-state index is 12.6. The predicted molar refractivity (Wildman–Crippen MR) is 110 cm³/mol. The number of carbonyl (C=O) groups excluding carboxylic acids is 2. The SMILES string of the molecule is COc1ccc(NC(=O)Nc2cc(C)nc3cccnc23)cc1C(=O)NC1CC1. The second-order valence-corrected chi connectivity index (χ2v) is 6.92. The zero-order valence-corrected chi connectivity index (χ0v) is 16.2. The van der Waals surface area contributed by atoms with Crippen LogP contribution in [0.5, 0.6) is 5.75 Å². The number of pyridine rings is 2. The van der Waals surface area contributed by atoms with Crippen molar-refractivity contribution in [1.29, 1.82) is 0 Å². The third kappa shape index (κ3) is 4.26. The van der Waals surface area contributed by atoms with Crippen molar-refractivity contribution in [3.05, 3.63) is 53.9 Å². The standard InChI is InChI=1S/C21H21N5O3/c1-12-10-17(19-16(23-12)4-3-9-22-19)26-21(28)25-14-7-8-18(29-2)15(11-14)20(27)24-13-5-6-13/h3-4,7-11,13H,5-6H2,1-2H3,(H,24,27)(H2,23,25,26,28). The van der Waals surface area contributed by atoms with Crippen molar-refractivity contribution in [3.63, 3.8) is 0 Å². The molecule has 1 aromatic carbocycles. The lowest BCUT2D eigenvalue weighted by atomic mass is 10.1. The second kappa shape index (κ2) is 7.75. The van der Waals surface area contributed by atoms with Gasteiger partial charge in [0.1, 0.15) is 11.3 Å². The van der Waals surface area contributed by atoms with Crippen LogP contribution in [-0.4, -0.2) is 35.1 Å². The molecule has 0 unspecified atom stereocenters. The van der Waals surface area contributed by atoms with E-state index in [-0.39, 0.29) is 11.9 Å². The van der Waals surface area contributed by atoms with E-state index >= 15 is 0 Å². The summed E-state index contributed by atoms with van der Waals surface area (Å²) in [6.07, 6.45) is 3.63. The van der Waals surface area contributed by atoms with Gasteiger partial charge in [-0.25, -0.2) is 4.79 Å². The number of ether oxygens (including phenoxy) is 1. The van der Waals surface area contributed by atoms with E-state index in [1.807, 2.05) is 13.0 Å². The highest BCUT2D eigenvalue weighted by Gasteiger charge is 2.25. The summed E-state index contributed by atoms with van der Waals surface area (Å²) >= 11 is 0. The minimum absolute atomic E-state index is 0.214. The average molecular weight is 391 g/mol. The molecule has 0 aliphatic heterocycles. The van der Waals surface area contributed by atoms with Gasteiger partial charge >= 0.3 is 6.03 Å². The molecule has 1 fully saturated rings. The van der Waals surface area contributed by atoms with E-state index < -0.39 is 6.03 Å². The second-order valence-electron chi connectivity index (χ2n) is 6.92. The summed E-state index contributed by atoms with van der Waals surface area (Å²) in [5.41, 5.74) is 3.49. The number of nitrogens with one attached hydrogen (secondary N) is 3. The van der Waals surface area contributed by atoms with E-state index in [1.165, 1.54) is 7.11 Å². The van der Waals surface area contributed by atoms with E-state index in [0.717, 1.165) is 18.5 Å². The van der Waals surface area contributed by atoms with E-state index in [0.29, 0.717) is 33.7 Å². The Morgan fingerprint density at radius 2 is 1.97 bits per heavy atom. The molecule has 0 bridgehead atoms. The van der Waals surface area contributed by atoms with Gasteiger partial charge in [-0.3, -0.25) is 14.8 Å². The van der Waals surface area contributed by atoms with Crippen LogP contribution in [0.1, 0.15) is 28.9 Å². The Kier molecular flexibility index (Phi) is 4.99. The zero-order chi connectivity index (χ0) is 20.4. The van der Waals surface area contributed by atoms with Crippen LogP contribution in [0.25, 0.3) is 11.0 Å². The first-order chi connectivity index (χ1) is 14.0. The third-order valence-corrected chi connectivity index (χ3v) is 4.55. The smallest absolute Gasteiger partial charge is 0.323 e. The summed E-state index contributed by atoms with van der Waals surface area (Å²) in [4.78, 5) is 33.7. The molecule has 8 nitrogen and oxygen atoms in total. The summed E-state index contributed by atoms with van der Waals surface area (Å²) in [5.74, 6) is 0.238. The van der Waals surface area contributed by atoms with Gasteiger partial charge in [0.2, 0.25) is 0 Å². The average Bonchev–Trinajstić information content (AvgIpc) is 3.51. The molecule has 3 N–H and O–H groups in total. The fourth-order valence-electron chi connectivity index (χ4n) is 3.03. The van der Waals surface area contributed by atoms with Crippen LogP contribution in [0.2, 0.25) is 0 Å². The van der Waals surface area contributed by atoms with Crippen molar-refractivity contribution in [2.45, 2.75) is 25.8 Å². The van der Waals surface area contributed by atoms with Crippen molar-refractivity contribution >= 4 is 34.3 Å². The number of aromatic nitrogens is 2. The molecule has 2 aromatic heterocycles. The number of amides is 3. The molecule has 2 heterocycles. The number of nitrogens with zero attached hydrogens (tertiary/aromatic N) is 2. The molecule has 3 amide bonds. The number of aryl methyl sites for hydroxylation is 1. The van der Waals surface area contributed by atoms with E-state index in [1.54, 1.807) is 36.5 Å². The number of carbonyl (C=O) groups is 2. The summed E-state index contributed by atoms with van der Waals surface area (Å²) < 4.78 is 5.28. The van der Waals surface area contributed by atoms with Crippen molar-refractivity contribution in [2.24, 2.45) is 0 Å². The monoisotopic (exact) mass is 391 g/mol. The summed E-state index contributed by atoms with van der Waals surface area (Å²) in [6.45, 7) is 1.85. The molecule has 0 atom stereocenters. The number of hydrogen-bond donors (Lipinski definition) is 3. The van der Waals surface area contributed by atoms with Crippen molar-refractivity contribution in [1.82, 2.24) is 15.3 Å². The topological polar surface area (TPSA) is 105 Å². The maximum Gasteiger partial charge on any atom is 0.323 e. The number of benzene rings is 1. The Hall–Kier alpha value is -3.68. The zero-order valence-electron chi connectivity index (χ0n) is 16.2. The number of fused-ring (bicyclic) bond motifs is 1. The molecule has 1 aliphatic rings. The number of hydrogen-bond acceptors (Lipinski definition) is 5. The van der Waals surface area contributed by atoms with Gasteiger partial charge < -0.3 is 20.7 Å². The molecule has 0 radical (unpaired) electrons.